The first-order valence-electron chi connectivity index (χ1n) is 13.3. The van der Waals surface area contributed by atoms with E-state index in [1.807, 2.05) is 12.4 Å². The van der Waals surface area contributed by atoms with E-state index >= 15 is 0 Å². The molecule has 5 aromatic rings. The second-order valence-electron chi connectivity index (χ2n) is 10.4. The highest BCUT2D eigenvalue weighted by Crippen LogP contribution is 2.36. The van der Waals surface area contributed by atoms with Gasteiger partial charge in [0, 0.05) is 31.3 Å². The molecule has 2 fully saturated rings. The normalized spacial score (nSPS) is 20.7. The molecule has 10 heteroatoms. The summed E-state index contributed by atoms with van der Waals surface area (Å²) in [5, 5.41) is 0. The van der Waals surface area contributed by atoms with E-state index in [0.29, 0.717) is 12.1 Å². The van der Waals surface area contributed by atoms with Gasteiger partial charge in [-0.2, -0.15) is 0 Å². The molecule has 0 aliphatic carbocycles. The number of rotatable bonds is 5. The average molecular weight is 543 g/mol. The second kappa shape index (κ2) is 9.69. The summed E-state index contributed by atoms with van der Waals surface area (Å²) in [4.78, 5) is 21.5. The van der Waals surface area contributed by atoms with E-state index < -0.39 is 0 Å². The fourth-order valence-corrected chi connectivity index (χ4v) is 6.84. The van der Waals surface area contributed by atoms with Crippen LogP contribution in [0.25, 0.3) is 44.9 Å². The number of H-pyrrole nitrogens is 2. The molecule has 38 heavy (non-hydrogen) atoms. The van der Waals surface area contributed by atoms with Crippen LogP contribution in [0, 0.1) is 0 Å². The van der Waals surface area contributed by atoms with Crippen LogP contribution in [-0.4, -0.2) is 51.9 Å². The third kappa shape index (κ3) is 4.20. The van der Waals surface area contributed by atoms with Crippen LogP contribution in [0.1, 0.15) is 49.4 Å². The van der Waals surface area contributed by atoms with E-state index in [1.165, 1.54) is 12.8 Å². The molecule has 3 aromatic heterocycles. The lowest BCUT2D eigenvalue weighted by Crippen LogP contribution is -2.12. The van der Waals surface area contributed by atoms with Crippen LogP contribution in [0.3, 0.4) is 0 Å². The molecule has 2 N–H and O–H groups in total. The molecule has 0 radical (unpaired) electrons. The lowest BCUT2D eigenvalue weighted by molar-refractivity contribution is 0.434. The predicted octanol–water partition coefficient (Wildman–Crippen LogP) is 5.87. The molecule has 2 aromatic carbocycles. The van der Waals surface area contributed by atoms with Crippen LogP contribution in [0.2, 0.25) is 0 Å². The van der Waals surface area contributed by atoms with Gasteiger partial charge in [-0.3, -0.25) is 9.34 Å². The Morgan fingerprint density at radius 3 is 1.89 bits per heavy atom. The van der Waals surface area contributed by atoms with Gasteiger partial charge in [-0.1, -0.05) is 49.1 Å². The summed E-state index contributed by atoms with van der Waals surface area (Å²) < 4.78 is 6.75. The molecule has 7 rings (SSSR count). The topological polar surface area (TPSA) is 81.7 Å². The summed E-state index contributed by atoms with van der Waals surface area (Å²) in [6, 6.07) is 15.7. The molecule has 0 amide bonds. The summed E-state index contributed by atoms with van der Waals surface area (Å²) in [5.41, 5.74) is 7.49. The number of benzene rings is 2. The van der Waals surface area contributed by atoms with Crippen molar-refractivity contribution in [2.24, 2.45) is 7.05 Å². The Hall–Kier alpha value is -2.89. The number of imidazole rings is 3. The Morgan fingerprint density at radius 1 is 0.763 bits per heavy atom. The zero-order chi connectivity index (χ0) is 25.8. The van der Waals surface area contributed by atoms with E-state index in [9.17, 15) is 0 Å². The Bertz CT molecular complexity index is 1600. The van der Waals surface area contributed by atoms with E-state index in [1.54, 1.807) is 0 Å². The summed E-state index contributed by atoms with van der Waals surface area (Å²) in [6.45, 7) is 2.19. The van der Waals surface area contributed by atoms with Gasteiger partial charge in [0.05, 0.1) is 46.9 Å². The van der Waals surface area contributed by atoms with Crippen LogP contribution in [0.4, 0.5) is 0 Å². The van der Waals surface area contributed by atoms with Gasteiger partial charge in [0.2, 0.25) is 0 Å². The molecule has 2 aliphatic heterocycles. The van der Waals surface area contributed by atoms with Gasteiger partial charge >= 0.3 is 0 Å². The summed E-state index contributed by atoms with van der Waals surface area (Å²) >= 11 is 0. The number of aromatic amines is 2. The highest BCUT2D eigenvalue weighted by atomic mass is 31.0. The molecule has 2 unspecified atom stereocenters. The van der Waals surface area contributed by atoms with E-state index in [4.69, 9.17) is 4.98 Å². The molecule has 5 heterocycles. The molecule has 8 nitrogen and oxygen atoms in total. The van der Waals surface area contributed by atoms with Crippen molar-refractivity contribution < 1.29 is 0 Å². The van der Waals surface area contributed by atoms with Crippen molar-refractivity contribution in [1.29, 1.82) is 0 Å². The standard InChI is InChI=1S/C28H32N8P2/c1-34-23-11-10-19(22-16-30-27(32-22)25-5-3-13-36(25)38)14-20(23)33-28(34)18-8-6-17(7-9-18)21-15-29-26(31-21)24-4-2-12-35(24)37/h6-11,14-16,24-25H,2-5,12-13,37-38H2,1H3,(H,29,31)(H,30,32)/t24-,25-/m0/s1. The van der Waals surface area contributed by atoms with Gasteiger partial charge in [-0.15, -0.1) is 0 Å². The minimum absolute atomic E-state index is 0.346. The molecule has 0 saturated carbocycles. The largest absolute Gasteiger partial charge is 0.341 e. The summed E-state index contributed by atoms with van der Waals surface area (Å²) in [7, 11) is 7.75. The van der Waals surface area contributed by atoms with Gasteiger partial charge in [0.15, 0.2) is 0 Å². The molecule has 4 atom stereocenters. The number of fused-ring (bicyclic) bond motifs is 1. The van der Waals surface area contributed by atoms with Gasteiger partial charge < -0.3 is 14.5 Å². The lowest BCUT2D eigenvalue weighted by atomic mass is 10.1. The number of nitrogens with zero attached hydrogens (tertiary/aromatic N) is 6. The van der Waals surface area contributed by atoms with E-state index in [0.717, 1.165) is 82.5 Å². The number of hydrogen-bond donors (Lipinski definition) is 2. The lowest BCUT2D eigenvalue weighted by Gasteiger charge is -2.16. The van der Waals surface area contributed by atoms with Crippen LogP contribution >= 0.6 is 18.8 Å². The smallest absolute Gasteiger partial charge is 0.140 e. The molecule has 0 bridgehead atoms. The maximum absolute atomic E-state index is 5.02. The highest BCUT2D eigenvalue weighted by molar-refractivity contribution is 7.13. The first-order chi connectivity index (χ1) is 18.5. The van der Waals surface area contributed by atoms with Crippen LogP contribution in [-0.2, 0) is 7.05 Å². The maximum atomic E-state index is 5.02. The van der Waals surface area contributed by atoms with Crippen molar-refractivity contribution in [2.75, 3.05) is 13.1 Å². The van der Waals surface area contributed by atoms with Crippen molar-refractivity contribution >= 4 is 29.8 Å². The van der Waals surface area contributed by atoms with Crippen LogP contribution in [0.5, 0.6) is 0 Å². The fraction of sp³-hybridized carbons (Fsp3) is 0.321. The monoisotopic (exact) mass is 542 g/mol. The van der Waals surface area contributed by atoms with Gasteiger partial charge in [0.25, 0.3) is 0 Å². The molecule has 0 spiro atoms. The third-order valence-electron chi connectivity index (χ3n) is 8.06. The van der Waals surface area contributed by atoms with Gasteiger partial charge in [0.1, 0.15) is 17.5 Å². The minimum Gasteiger partial charge on any atom is -0.341 e. The van der Waals surface area contributed by atoms with Crippen molar-refractivity contribution in [3.8, 4) is 33.9 Å². The molecular weight excluding hydrogens is 510 g/mol. The van der Waals surface area contributed by atoms with Crippen LogP contribution < -0.4 is 0 Å². The van der Waals surface area contributed by atoms with Crippen molar-refractivity contribution in [2.45, 2.75) is 37.8 Å². The number of nitrogens with one attached hydrogen (secondary N) is 2. The highest BCUT2D eigenvalue weighted by Gasteiger charge is 2.26. The second-order valence-corrected chi connectivity index (χ2v) is 11.8. The fourth-order valence-electron chi connectivity index (χ4n) is 5.90. The summed E-state index contributed by atoms with van der Waals surface area (Å²) in [6.07, 6.45) is 8.58. The van der Waals surface area contributed by atoms with E-state index in [2.05, 4.69) is 102 Å². The Morgan fingerprint density at radius 2 is 1.32 bits per heavy atom. The number of aromatic nitrogens is 6. The van der Waals surface area contributed by atoms with Crippen molar-refractivity contribution in [3.05, 3.63) is 66.5 Å². The minimum atomic E-state index is 0.346. The summed E-state index contributed by atoms with van der Waals surface area (Å²) in [5.74, 6) is 3.03. The molecule has 2 saturated heterocycles. The molecular formula is C28H32N8P2. The third-order valence-corrected chi connectivity index (χ3v) is 9.29. The van der Waals surface area contributed by atoms with Gasteiger partial charge in [-0.05, 0) is 43.4 Å². The Kier molecular flexibility index (Phi) is 6.17. The Labute approximate surface area is 226 Å². The first-order valence-corrected chi connectivity index (χ1v) is 14.3. The van der Waals surface area contributed by atoms with Gasteiger partial charge in [-0.25, -0.2) is 15.0 Å². The zero-order valence-electron chi connectivity index (χ0n) is 21.4. The first kappa shape index (κ1) is 24.2. The zero-order valence-corrected chi connectivity index (χ0v) is 23.7. The van der Waals surface area contributed by atoms with Crippen LogP contribution in [0.15, 0.2) is 54.9 Å². The molecule has 2 aliphatic rings. The van der Waals surface area contributed by atoms with Crippen molar-refractivity contribution in [1.82, 2.24) is 38.8 Å². The number of aryl methyl sites for hydroxylation is 1. The molecule has 194 valence electrons. The average Bonchev–Trinajstić information content (AvgIpc) is 3.75. The van der Waals surface area contributed by atoms with Crippen molar-refractivity contribution in [3.63, 3.8) is 0 Å². The predicted molar refractivity (Wildman–Crippen MR) is 158 cm³/mol. The maximum Gasteiger partial charge on any atom is 0.140 e. The SMILES string of the molecule is Cn1c(-c2ccc(-c3cnc([C@@H]4CCCN4P)[nH]3)cc2)nc2cc(-c3cnc([C@@H]4CCCN4P)[nH]3)ccc21. The number of hydrogen-bond acceptors (Lipinski definition) is 5. The van der Waals surface area contributed by atoms with E-state index in [-0.39, 0.29) is 0 Å². The Balaban J connectivity index is 1.14. The quantitative estimate of drug-likeness (QED) is 0.271.